The highest BCUT2D eigenvalue weighted by Crippen LogP contribution is 2.49. The van der Waals surface area contributed by atoms with Gasteiger partial charge in [0.25, 0.3) is 5.91 Å². The molecule has 2 aromatic rings. The molecule has 2 aromatic carbocycles. The molecule has 0 bridgehead atoms. The maximum atomic E-state index is 12.4. The van der Waals surface area contributed by atoms with Gasteiger partial charge in [0.05, 0.1) is 16.4 Å². The third kappa shape index (κ3) is 2.89. The largest absolute Gasteiger partial charge is 0.380 e. The quantitative estimate of drug-likeness (QED) is 0.765. The van der Waals surface area contributed by atoms with E-state index in [1.165, 1.54) is 11.8 Å². The highest BCUT2D eigenvalue weighted by molar-refractivity contribution is 8.00. The number of para-hydroxylation sites is 2. The van der Waals surface area contributed by atoms with E-state index in [4.69, 9.17) is 17.3 Å². The molecule has 4 N–H and O–H groups in total. The molecule has 1 saturated carbocycles. The number of hydrogen-bond acceptors (Lipinski definition) is 5. The topological polar surface area (TPSA) is 78.6 Å². The molecule has 0 spiro atoms. The van der Waals surface area contributed by atoms with Crippen molar-refractivity contribution in [3.05, 3.63) is 53.1 Å². The van der Waals surface area contributed by atoms with Gasteiger partial charge in [-0.1, -0.05) is 47.6 Å². The van der Waals surface area contributed by atoms with E-state index < -0.39 is 5.60 Å². The Morgan fingerprint density at radius 1 is 1.32 bits per heavy atom. The number of rotatable bonds is 4. The molecule has 130 valence electrons. The first kappa shape index (κ1) is 16.7. The lowest BCUT2D eigenvalue weighted by Gasteiger charge is -2.30. The summed E-state index contributed by atoms with van der Waals surface area (Å²) in [4.78, 5) is 15.4. The lowest BCUT2D eigenvalue weighted by molar-refractivity contribution is -0.131. The van der Waals surface area contributed by atoms with E-state index in [1.807, 2.05) is 47.4 Å². The Labute approximate surface area is 155 Å². The SMILES string of the molecule is NCc1cccc(Cl)c1N1c2ccccc2SC1NC(=O)C1(O)CC1. The Balaban J connectivity index is 1.77. The summed E-state index contributed by atoms with van der Waals surface area (Å²) in [5.74, 6) is -0.343. The number of aliphatic hydroxyl groups is 1. The molecule has 2 aliphatic rings. The fraction of sp³-hybridized carbons (Fsp3) is 0.278. The van der Waals surface area contributed by atoms with E-state index in [-0.39, 0.29) is 11.4 Å². The number of carbonyl (C=O) groups excluding carboxylic acids is 1. The molecular weight excluding hydrogens is 358 g/mol. The van der Waals surface area contributed by atoms with Crippen LogP contribution in [0.1, 0.15) is 18.4 Å². The van der Waals surface area contributed by atoms with Crippen LogP contribution in [-0.4, -0.2) is 22.1 Å². The molecule has 1 aliphatic heterocycles. The normalized spacial score (nSPS) is 20.3. The van der Waals surface area contributed by atoms with Crippen LogP contribution in [0.5, 0.6) is 0 Å². The standard InChI is InChI=1S/C18H18ClN3O2S/c19-12-5-3-4-11(10-20)15(12)22-13-6-1-2-7-14(13)25-17(22)21-16(23)18(24)8-9-18/h1-7,17,24H,8-10,20H2,(H,21,23). The fourth-order valence-corrected chi connectivity index (χ4v) is 4.43. The van der Waals surface area contributed by atoms with E-state index in [9.17, 15) is 9.90 Å². The third-order valence-electron chi connectivity index (χ3n) is 4.53. The number of fused-ring (bicyclic) bond motifs is 1. The summed E-state index contributed by atoms with van der Waals surface area (Å²) in [6, 6.07) is 13.5. The van der Waals surface area contributed by atoms with Crippen LogP contribution < -0.4 is 16.0 Å². The Morgan fingerprint density at radius 3 is 2.80 bits per heavy atom. The van der Waals surface area contributed by atoms with Crippen LogP contribution in [-0.2, 0) is 11.3 Å². The number of anilines is 2. The molecule has 1 heterocycles. The van der Waals surface area contributed by atoms with Crippen molar-refractivity contribution in [3.8, 4) is 0 Å². The second-order valence-electron chi connectivity index (χ2n) is 6.26. The lowest BCUT2D eigenvalue weighted by Crippen LogP contribution is -2.47. The number of thioether (sulfide) groups is 1. The number of hydrogen-bond donors (Lipinski definition) is 3. The zero-order valence-corrected chi connectivity index (χ0v) is 15.0. The fourth-order valence-electron chi connectivity index (χ4n) is 2.97. The zero-order valence-electron chi connectivity index (χ0n) is 13.4. The van der Waals surface area contributed by atoms with Crippen molar-refractivity contribution in [1.29, 1.82) is 0 Å². The van der Waals surface area contributed by atoms with Gasteiger partial charge in [0.1, 0.15) is 5.60 Å². The number of halogens is 1. The van der Waals surface area contributed by atoms with Crippen molar-refractivity contribution in [3.63, 3.8) is 0 Å². The third-order valence-corrected chi connectivity index (χ3v) is 5.99. The van der Waals surface area contributed by atoms with E-state index in [1.54, 1.807) is 0 Å². The van der Waals surface area contributed by atoms with Gasteiger partial charge < -0.3 is 21.1 Å². The molecule has 1 atom stereocenters. The number of amides is 1. The van der Waals surface area contributed by atoms with Crippen molar-refractivity contribution in [2.24, 2.45) is 5.73 Å². The molecule has 0 saturated heterocycles. The van der Waals surface area contributed by atoms with Gasteiger partial charge in [-0.25, -0.2) is 0 Å². The lowest BCUT2D eigenvalue weighted by atomic mass is 10.1. The van der Waals surface area contributed by atoms with Crippen molar-refractivity contribution < 1.29 is 9.90 Å². The summed E-state index contributed by atoms with van der Waals surface area (Å²) in [6.45, 7) is 0.337. The summed E-state index contributed by atoms with van der Waals surface area (Å²) in [7, 11) is 0. The Kier molecular flexibility index (Phi) is 4.16. The maximum Gasteiger partial charge on any atom is 0.254 e. The van der Waals surface area contributed by atoms with Gasteiger partial charge >= 0.3 is 0 Å². The van der Waals surface area contributed by atoms with Crippen molar-refractivity contribution in [2.75, 3.05) is 4.90 Å². The Hall–Kier alpha value is -1.73. The van der Waals surface area contributed by atoms with Crippen LogP contribution in [0.4, 0.5) is 11.4 Å². The van der Waals surface area contributed by atoms with Gasteiger partial charge in [0, 0.05) is 11.4 Å². The average Bonchev–Trinajstić information content (AvgIpc) is 3.27. The van der Waals surface area contributed by atoms with E-state index in [2.05, 4.69) is 5.32 Å². The van der Waals surface area contributed by atoms with Gasteiger partial charge in [-0.2, -0.15) is 0 Å². The molecule has 1 unspecified atom stereocenters. The first-order valence-corrected chi connectivity index (χ1v) is 9.35. The average molecular weight is 376 g/mol. The zero-order chi connectivity index (χ0) is 17.6. The minimum absolute atomic E-state index is 0.337. The molecule has 25 heavy (non-hydrogen) atoms. The predicted molar refractivity (Wildman–Crippen MR) is 99.9 cm³/mol. The van der Waals surface area contributed by atoms with Gasteiger partial charge in [-0.15, -0.1) is 0 Å². The number of nitrogens with two attached hydrogens (primary N) is 1. The summed E-state index contributed by atoms with van der Waals surface area (Å²) >= 11 is 8.01. The minimum Gasteiger partial charge on any atom is -0.380 e. The summed E-state index contributed by atoms with van der Waals surface area (Å²) in [6.07, 6.45) is 1.01. The monoisotopic (exact) mass is 375 g/mol. The minimum atomic E-state index is -1.22. The first-order chi connectivity index (χ1) is 12.0. The van der Waals surface area contributed by atoms with E-state index in [0.29, 0.717) is 24.4 Å². The van der Waals surface area contributed by atoms with Crippen molar-refractivity contribution in [1.82, 2.24) is 5.32 Å². The second kappa shape index (κ2) is 6.21. The summed E-state index contributed by atoms with van der Waals surface area (Å²) in [5, 5.41) is 13.6. The molecule has 1 amide bonds. The first-order valence-electron chi connectivity index (χ1n) is 8.09. The molecule has 7 heteroatoms. The number of carbonyl (C=O) groups is 1. The number of nitrogens with one attached hydrogen (secondary N) is 1. The molecule has 0 radical (unpaired) electrons. The number of nitrogens with zero attached hydrogens (tertiary/aromatic N) is 1. The number of benzene rings is 2. The summed E-state index contributed by atoms with van der Waals surface area (Å²) < 4.78 is 0. The summed E-state index contributed by atoms with van der Waals surface area (Å²) in [5.41, 5.74) is 6.95. The smallest absolute Gasteiger partial charge is 0.254 e. The van der Waals surface area contributed by atoms with Crippen LogP contribution in [0, 0.1) is 0 Å². The van der Waals surface area contributed by atoms with Crippen LogP contribution >= 0.6 is 23.4 Å². The van der Waals surface area contributed by atoms with Crippen LogP contribution in [0.25, 0.3) is 0 Å². The Morgan fingerprint density at radius 2 is 2.08 bits per heavy atom. The molecule has 4 rings (SSSR count). The van der Waals surface area contributed by atoms with Crippen LogP contribution in [0.3, 0.4) is 0 Å². The van der Waals surface area contributed by atoms with Crippen molar-refractivity contribution in [2.45, 2.75) is 35.4 Å². The van der Waals surface area contributed by atoms with Gasteiger partial charge in [-0.3, -0.25) is 4.79 Å². The van der Waals surface area contributed by atoms with Gasteiger partial charge in [0.2, 0.25) is 0 Å². The van der Waals surface area contributed by atoms with Crippen molar-refractivity contribution >= 4 is 40.6 Å². The molecule has 1 aliphatic carbocycles. The maximum absolute atomic E-state index is 12.4. The predicted octanol–water partition coefficient (Wildman–Crippen LogP) is 2.97. The van der Waals surface area contributed by atoms with Crippen LogP contribution in [0.15, 0.2) is 47.4 Å². The van der Waals surface area contributed by atoms with Gasteiger partial charge in [0.15, 0.2) is 5.50 Å². The molecule has 0 aromatic heterocycles. The second-order valence-corrected chi connectivity index (χ2v) is 7.79. The van der Waals surface area contributed by atoms with E-state index in [0.717, 1.165) is 21.8 Å². The highest BCUT2D eigenvalue weighted by Gasteiger charge is 2.49. The Bertz CT molecular complexity index is 841. The highest BCUT2D eigenvalue weighted by atomic mass is 35.5. The van der Waals surface area contributed by atoms with Gasteiger partial charge in [-0.05, 0) is 36.6 Å². The molecule has 1 fully saturated rings. The van der Waals surface area contributed by atoms with Crippen LogP contribution in [0.2, 0.25) is 5.02 Å². The van der Waals surface area contributed by atoms with E-state index >= 15 is 0 Å². The molecular formula is C18H18ClN3O2S. The molecule has 5 nitrogen and oxygen atoms in total.